The molecule has 0 saturated carbocycles. The Labute approximate surface area is 130 Å². The van der Waals surface area contributed by atoms with Gasteiger partial charge in [0.15, 0.2) is 0 Å². The Hall–Kier alpha value is -2.35. The first kappa shape index (κ1) is 17.7. The third-order valence-corrected chi connectivity index (χ3v) is 3.24. The lowest BCUT2D eigenvalue weighted by atomic mass is 9.83. The number of hydrogen-bond acceptors (Lipinski definition) is 5. The van der Waals surface area contributed by atoms with Crippen LogP contribution >= 0.6 is 0 Å². The van der Waals surface area contributed by atoms with Gasteiger partial charge in [-0.25, -0.2) is 0 Å². The van der Waals surface area contributed by atoms with E-state index < -0.39 is 17.4 Å². The van der Waals surface area contributed by atoms with Crippen molar-refractivity contribution in [2.24, 2.45) is 0 Å². The average molecular weight is 303 g/mol. The van der Waals surface area contributed by atoms with Crippen molar-refractivity contribution < 1.29 is 19.1 Å². The molecule has 5 nitrogen and oxygen atoms in total. The number of nitrogens with zero attached hydrogens (tertiary/aromatic N) is 1. The lowest BCUT2D eigenvalue weighted by molar-refractivity contribution is -0.149. The van der Waals surface area contributed by atoms with Gasteiger partial charge in [-0.3, -0.25) is 9.59 Å². The normalized spacial score (nSPS) is 10.7. The molecule has 0 atom stereocenters. The van der Waals surface area contributed by atoms with Gasteiger partial charge in [-0.1, -0.05) is 13.8 Å². The molecule has 0 N–H and O–H groups in total. The predicted molar refractivity (Wildman–Crippen MR) is 81.4 cm³/mol. The highest BCUT2D eigenvalue weighted by Crippen LogP contribution is 2.34. The summed E-state index contributed by atoms with van der Waals surface area (Å²) in [7, 11) is 0. The van der Waals surface area contributed by atoms with Gasteiger partial charge in [0.2, 0.25) is 0 Å². The molecular formula is C17H21NO4. The second kappa shape index (κ2) is 7.60. The van der Waals surface area contributed by atoms with Crippen LogP contribution in [0.2, 0.25) is 0 Å². The molecule has 0 unspecified atom stereocenters. The molecule has 5 heteroatoms. The maximum atomic E-state index is 12.3. The minimum Gasteiger partial charge on any atom is -0.465 e. The summed E-state index contributed by atoms with van der Waals surface area (Å²) in [5, 5.41) is 9.05. The number of carbonyl (C=O) groups excluding carboxylic acids is 2. The molecule has 0 fully saturated rings. The molecule has 0 aliphatic carbocycles. The van der Waals surface area contributed by atoms with Gasteiger partial charge in [-0.2, -0.15) is 5.26 Å². The van der Waals surface area contributed by atoms with Gasteiger partial charge in [0.05, 0.1) is 23.7 Å². The van der Waals surface area contributed by atoms with Crippen molar-refractivity contribution in [3.63, 3.8) is 0 Å². The summed E-state index contributed by atoms with van der Waals surface area (Å²) in [5.41, 5.74) is -0.164. The van der Waals surface area contributed by atoms with Crippen molar-refractivity contribution in [1.82, 2.24) is 0 Å². The second-order valence-electron chi connectivity index (χ2n) is 5.41. The average Bonchev–Trinajstić information content (AvgIpc) is 2.52. The second-order valence-corrected chi connectivity index (χ2v) is 5.41. The summed E-state index contributed by atoms with van der Waals surface area (Å²) >= 11 is 0. The molecule has 0 saturated heterocycles. The van der Waals surface area contributed by atoms with E-state index in [1.54, 1.807) is 32.9 Å². The topological polar surface area (TPSA) is 76.4 Å². The Morgan fingerprint density at radius 2 is 1.95 bits per heavy atom. The summed E-state index contributed by atoms with van der Waals surface area (Å²) in [6.45, 7) is 7.29. The molecule has 0 spiro atoms. The molecule has 0 amide bonds. The van der Waals surface area contributed by atoms with Crippen LogP contribution in [-0.4, -0.2) is 18.5 Å². The van der Waals surface area contributed by atoms with Crippen LogP contribution in [0.15, 0.2) is 18.2 Å². The van der Waals surface area contributed by atoms with Crippen molar-refractivity contribution in [2.45, 2.75) is 46.0 Å². The van der Waals surface area contributed by atoms with E-state index in [-0.39, 0.29) is 12.2 Å². The molecule has 0 aliphatic heterocycles. The van der Waals surface area contributed by atoms with Gasteiger partial charge in [0.25, 0.3) is 0 Å². The SMILES string of the molecule is CCCOC(=O)C(C)(C)c1cc(C#N)ccc1OC(=O)CC. The monoisotopic (exact) mass is 303 g/mol. The van der Waals surface area contributed by atoms with E-state index in [2.05, 4.69) is 0 Å². The van der Waals surface area contributed by atoms with E-state index in [0.717, 1.165) is 6.42 Å². The minimum absolute atomic E-state index is 0.222. The lowest BCUT2D eigenvalue weighted by Gasteiger charge is -2.25. The quantitative estimate of drug-likeness (QED) is 0.596. The molecule has 0 radical (unpaired) electrons. The van der Waals surface area contributed by atoms with Gasteiger partial charge in [-0.05, 0) is 38.5 Å². The summed E-state index contributed by atoms with van der Waals surface area (Å²) in [6, 6.07) is 6.67. The van der Waals surface area contributed by atoms with Gasteiger partial charge in [0, 0.05) is 12.0 Å². The lowest BCUT2D eigenvalue weighted by Crippen LogP contribution is -2.32. The van der Waals surface area contributed by atoms with E-state index in [1.807, 2.05) is 13.0 Å². The highest BCUT2D eigenvalue weighted by molar-refractivity contribution is 5.84. The van der Waals surface area contributed by atoms with Crippen molar-refractivity contribution in [3.8, 4) is 11.8 Å². The number of benzene rings is 1. The molecule has 1 rings (SSSR count). The molecule has 118 valence electrons. The smallest absolute Gasteiger partial charge is 0.316 e. The number of nitriles is 1. The van der Waals surface area contributed by atoms with Gasteiger partial charge < -0.3 is 9.47 Å². The van der Waals surface area contributed by atoms with Gasteiger partial charge >= 0.3 is 11.9 Å². The summed E-state index contributed by atoms with van der Waals surface area (Å²) in [4.78, 5) is 23.8. The first-order chi connectivity index (χ1) is 10.4. The predicted octanol–water partition coefficient (Wildman–Crippen LogP) is 3.10. The number of rotatable bonds is 6. The fourth-order valence-electron chi connectivity index (χ4n) is 1.86. The zero-order valence-corrected chi connectivity index (χ0v) is 13.4. The molecule has 1 aromatic carbocycles. The van der Waals surface area contributed by atoms with E-state index in [9.17, 15) is 9.59 Å². The standard InChI is InChI=1S/C17H21NO4/c1-5-9-21-16(20)17(3,4)13-10-12(11-18)7-8-14(13)22-15(19)6-2/h7-8,10H,5-6,9H2,1-4H3. The maximum absolute atomic E-state index is 12.3. The number of esters is 2. The first-order valence-electron chi connectivity index (χ1n) is 7.29. The molecule has 0 bridgehead atoms. The number of carbonyl (C=O) groups is 2. The van der Waals surface area contributed by atoms with Crippen LogP contribution < -0.4 is 4.74 Å². The van der Waals surface area contributed by atoms with Crippen LogP contribution in [0.4, 0.5) is 0 Å². The molecule has 0 heterocycles. The highest BCUT2D eigenvalue weighted by Gasteiger charge is 2.35. The number of ether oxygens (including phenoxy) is 2. The maximum Gasteiger partial charge on any atom is 0.316 e. The summed E-state index contributed by atoms with van der Waals surface area (Å²) in [6.07, 6.45) is 0.942. The van der Waals surface area contributed by atoms with Crippen molar-refractivity contribution in [2.75, 3.05) is 6.61 Å². The Morgan fingerprint density at radius 3 is 2.50 bits per heavy atom. The Bertz CT molecular complexity index is 599. The van der Waals surface area contributed by atoms with Crippen LogP contribution in [0.3, 0.4) is 0 Å². The van der Waals surface area contributed by atoms with Crippen molar-refractivity contribution in [3.05, 3.63) is 29.3 Å². The van der Waals surface area contributed by atoms with Gasteiger partial charge in [0.1, 0.15) is 5.75 Å². The van der Waals surface area contributed by atoms with Crippen LogP contribution in [0.1, 0.15) is 51.7 Å². The highest BCUT2D eigenvalue weighted by atomic mass is 16.5. The van der Waals surface area contributed by atoms with E-state index in [4.69, 9.17) is 14.7 Å². The molecular weight excluding hydrogens is 282 g/mol. The fourth-order valence-corrected chi connectivity index (χ4v) is 1.86. The molecule has 0 aliphatic rings. The zero-order valence-electron chi connectivity index (χ0n) is 13.4. The summed E-state index contributed by atoms with van der Waals surface area (Å²) < 4.78 is 10.5. The van der Waals surface area contributed by atoms with Crippen LogP contribution in [0, 0.1) is 11.3 Å². The van der Waals surface area contributed by atoms with Crippen LogP contribution in [0.5, 0.6) is 5.75 Å². The van der Waals surface area contributed by atoms with Crippen molar-refractivity contribution in [1.29, 1.82) is 5.26 Å². The first-order valence-corrected chi connectivity index (χ1v) is 7.29. The minimum atomic E-state index is -1.02. The fraction of sp³-hybridized carbons (Fsp3) is 0.471. The number of hydrogen-bond donors (Lipinski definition) is 0. The molecule has 22 heavy (non-hydrogen) atoms. The van der Waals surface area contributed by atoms with Crippen LogP contribution in [0.25, 0.3) is 0 Å². The largest absolute Gasteiger partial charge is 0.465 e. The zero-order chi connectivity index (χ0) is 16.8. The van der Waals surface area contributed by atoms with Crippen LogP contribution in [-0.2, 0) is 19.7 Å². The van der Waals surface area contributed by atoms with Crippen molar-refractivity contribution >= 4 is 11.9 Å². The Balaban J connectivity index is 3.25. The third-order valence-electron chi connectivity index (χ3n) is 3.24. The van der Waals surface area contributed by atoms with E-state index in [1.165, 1.54) is 6.07 Å². The molecule has 1 aromatic rings. The molecule has 0 aromatic heterocycles. The Kier molecular flexibility index (Phi) is 6.11. The van der Waals surface area contributed by atoms with E-state index in [0.29, 0.717) is 17.7 Å². The third kappa shape index (κ3) is 4.08. The Morgan fingerprint density at radius 1 is 1.27 bits per heavy atom. The van der Waals surface area contributed by atoms with Gasteiger partial charge in [-0.15, -0.1) is 0 Å². The summed E-state index contributed by atoms with van der Waals surface area (Å²) in [5.74, 6) is -0.536. The van der Waals surface area contributed by atoms with E-state index >= 15 is 0 Å².